The van der Waals surface area contributed by atoms with E-state index in [4.69, 9.17) is 38.4 Å². The number of aryl methyl sites for hydroxylation is 3. The van der Waals surface area contributed by atoms with Crippen LogP contribution in [0, 0.1) is 20.8 Å². The number of H-pyrrole nitrogens is 4. The third-order valence-corrected chi connectivity index (χ3v) is 12.1. The Morgan fingerprint density at radius 1 is 0.270 bits per heavy atom. The molecule has 0 saturated carbocycles. The highest BCUT2D eigenvalue weighted by Crippen LogP contribution is 2.24. The lowest BCUT2D eigenvalue weighted by atomic mass is 10.0. The Bertz CT molecular complexity index is 4060. The minimum Gasteiger partial charge on any atom is -0.197 e. The Morgan fingerprint density at radius 2 is 0.562 bits per heavy atom. The second-order valence-corrected chi connectivity index (χ2v) is 18.3. The molecule has 0 unspecified atom stereocenters. The molecule has 0 bridgehead atoms. The summed E-state index contributed by atoms with van der Waals surface area (Å²) >= 11 is 0. The molecule has 89 heavy (non-hydrogen) atoms. The second kappa shape index (κ2) is 38.8. The van der Waals surface area contributed by atoms with Crippen LogP contribution in [0.25, 0.3) is 92.8 Å². The molecule has 4 aromatic heterocycles. The number of aromatic nitrogens is 12. The number of hydrogen-bond donors (Lipinski definition) is 4. The van der Waals surface area contributed by atoms with E-state index in [9.17, 15) is 0 Å². The first-order valence-electron chi connectivity index (χ1n) is 26.6. The van der Waals surface area contributed by atoms with Crippen molar-refractivity contribution in [1.29, 1.82) is 0 Å². The van der Waals surface area contributed by atoms with Crippen LogP contribution in [0.15, 0.2) is 213 Å². The lowest BCUT2D eigenvalue weighted by Crippen LogP contribution is -1.80. The van der Waals surface area contributed by atoms with E-state index in [1.807, 2.05) is 60.7 Å². The summed E-state index contributed by atoms with van der Waals surface area (Å²) in [5.41, 5.74) is 19.1. The smallest absolute Gasteiger partial charge is 0.197 e. The highest BCUT2D eigenvalue weighted by atomic mass is 16.2. The average Bonchev–Trinajstić information content (AvgIpc) is 4.46. The summed E-state index contributed by atoms with van der Waals surface area (Å²) in [6, 6.07) is 65.7. The Balaban J connectivity index is 0.000000204. The van der Waals surface area contributed by atoms with Gasteiger partial charge in [0, 0.05) is 0 Å². The molecule has 0 amide bonds. The van der Waals surface area contributed by atoms with Crippen LogP contribution in [0.4, 0.5) is 0 Å². The first-order valence-corrected chi connectivity index (χ1v) is 26.6. The molecule has 4 heterocycles. The van der Waals surface area contributed by atoms with Crippen LogP contribution < -0.4 is 0 Å². The van der Waals surface area contributed by atoms with Crippen molar-refractivity contribution < 1.29 is 38.4 Å². The molecule has 0 saturated heterocycles. The fourth-order valence-corrected chi connectivity index (χ4v) is 7.96. The maximum atomic E-state index is 8.12. The third kappa shape index (κ3) is 24.8. The van der Waals surface area contributed by atoms with Crippen LogP contribution in [-0.2, 0) is 38.4 Å². The van der Waals surface area contributed by atoms with E-state index in [0.29, 0.717) is 0 Å². The topological polar surface area (TPSA) is 303 Å². The monoisotopic (exact) mass is 1180 g/mol. The molecule has 12 rings (SSSR count). The van der Waals surface area contributed by atoms with Gasteiger partial charge < -0.3 is 0 Å². The molecule has 0 aliphatic carbocycles. The van der Waals surface area contributed by atoms with Crippen molar-refractivity contribution in [2.45, 2.75) is 20.8 Å². The molecule has 0 aliphatic heterocycles. The van der Waals surface area contributed by atoms with E-state index in [2.05, 4.69) is 258 Å². The molecule has 0 aliphatic rings. The minimum atomic E-state index is 0.250. The predicted molar refractivity (Wildman–Crippen MR) is 335 cm³/mol. The van der Waals surface area contributed by atoms with Crippen molar-refractivity contribution in [1.82, 2.24) is 61.6 Å². The number of carbonyl (C=O) groups excluding carboxylic acids is 8. The molecular weight excluding hydrogens is 1120 g/mol. The molecule has 4 N–H and O–H groups in total. The van der Waals surface area contributed by atoms with Crippen molar-refractivity contribution in [3.8, 4) is 33.4 Å². The molecule has 8 aromatic carbocycles. The van der Waals surface area contributed by atoms with Gasteiger partial charge in [-0.2, -0.15) is 100.0 Å². The fourth-order valence-electron chi connectivity index (χ4n) is 7.96. The summed E-state index contributed by atoms with van der Waals surface area (Å²) in [4.78, 5) is 65.0. The summed E-state index contributed by atoms with van der Waals surface area (Å²) in [7, 11) is 0. The summed E-state index contributed by atoms with van der Waals surface area (Å²) in [5, 5.41) is 43.8. The molecule has 0 atom stereocenters. The van der Waals surface area contributed by atoms with Crippen molar-refractivity contribution in [3.05, 3.63) is 275 Å². The molecule has 440 valence electrons. The van der Waals surface area contributed by atoms with Gasteiger partial charge >= 0.3 is 24.6 Å². The standard InChI is InChI=1S/3C17H15N3.C14H11N3.4CO2/c1-13-2-7-15(8-3-13)16-9-4-14(5-10-16)6-11-17-12-18-20-19-17;2*1-13-3-2-4-16(11-13)15-8-5-14(6-9-15)7-10-17-12-18-20-19-17;1-2-4-13-9-11(5-7-12(13)3-1)6-8-14-10-15-17-16-14;4*2-1-3/h3*2-12H,1H3,(H,18,19,20);1-10H,(H,15,16,17);;;;. The van der Waals surface area contributed by atoms with Gasteiger partial charge in [0.15, 0.2) is 0 Å². The SMILES string of the molecule is C(=Cc1cn[nH]n1)c1ccc2ccccc2c1.Cc1ccc(-c2ccc(C=Cc3cn[nH]n3)cc2)cc1.Cc1cccc(-c2ccc(C=Cc3cn[nH]n3)cc2)c1.Cc1cccc(-c2ccc(C=Cc3cn[nH]n3)cc2)c1.O=C=O.O=C=O.O=C=O.O=C=O. The lowest BCUT2D eigenvalue weighted by molar-refractivity contribution is -0.193. The zero-order valence-corrected chi connectivity index (χ0v) is 48.2. The van der Waals surface area contributed by atoms with E-state index < -0.39 is 0 Å². The number of aromatic amines is 4. The first-order chi connectivity index (χ1) is 43.5. The highest BCUT2D eigenvalue weighted by molar-refractivity contribution is 5.86. The van der Waals surface area contributed by atoms with Gasteiger partial charge in [-0.05, 0) is 118 Å². The van der Waals surface area contributed by atoms with Gasteiger partial charge in [-0.1, -0.05) is 223 Å². The quantitative estimate of drug-likeness (QED) is 0.0935. The summed E-state index contributed by atoms with van der Waals surface area (Å²) in [5.74, 6) is 0. The van der Waals surface area contributed by atoms with Crippen molar-refractivity contribution in [3.63, 3.8) is 0 Å². The minimum absolute atomic E-state index is 0.250. The average molecular weight is 1180 g/mol. The molecule has 0 spiro atoms. The molecule has 12 aromatic rings. The van der Waals surface area contributed by atoms with Crippen molar-refractivity contribution in [2.75, 3.05) is 0 Å². The normalized spacial score (nSPS) is 9.97. The van der Waals surface area contributed by atoms with E-state index in [1.165, 1.54) is 60.8 Å². The van der Waals surface area contributed by atoms with E-state index in [0.717, 1.165) is 45.0 Å². The van der Waals surface area contributed by atoms with Crippen LogP contribution in [0.2, 0.25) is 0 Å². The third-order valence-electron chi connectivity index (χ3n) is 12.1. The Kier molecular flexibility index (Phi) is 29.1. The van der Waals surface area contributed by atoms with Gasteiger partial charge in [0.1, 0.15) is 22.8 Å². The van der Waals surface area contributed by atoms with Gasteiger partial charge in [-0.15, -0.1) is 0 Å². The Hall–Kier alpha value is -12.9. The zero-order chi connectivity index (χ0) is 63.7. The largest absolute Gasteiger partial charge is 0.373 e. The fraction of sp³-hybridized carbons (Fsp3) is 0.0435. The van der Waals surface area contributed by atoms with Gasteiger partial charge in [-0.3, -0.25) is 0 Å². The molecule has 20 heteroatoms. The summed E-state index contributed by atoms with van der Waals surface area (Å²) < 4.78 is 0. The number of benzene rings is 8. The highest BCUT2D eigenvalue weighted by Gasteiger charge is 2.01. The van der Waals surface area contributed by atoms with Crippen LogP contribution in [0.3, 0.4) is 0 Å². The lowest BCUT2D eigenvalue weighted by Gasteiger charge is -2.03. The molecule has 20 nitrogen and oxygen atoms in total. The van der Waals surface area contributed by atoms with E-state index in [-0.39, 0.29) is 24.6 Å². The number of fused-ring (bicyclic) bond motifs is 1. The van der Waals surface area contributed by atoms with Crippen LogP contribution in [0.5, 0.6) is 0 Å². The first kappa shape index (κ1) is 66.9. The van der Waals surface area contributed by atoms with E-state index >= 15 is 0 Å². The van der Waals surface area contributed by atoms with Gasteiger partial charge in [0.05, 0.1) is 24.8 Å². The van der Waals surface area contributed by atoms with Crippen LogP contribution in [-0.4, -0.2) is 86.2 Å². The van der Waals surface area contributed by atoms with Crippen molar-refractivity contribution >= 4 is 84.0 Å². The number of nitrogens with one attached hydrogen (secondary N) is 4. The van der Waals surface area contributed by atoms with Gasteiger partial charge in [0.2, 0.25) is 0 Å². The zero-order valence-electron chi connectivity index (χ0n) is 48.2. The number of rotatable bonds is 11. The summed E-state index contributed by atoms with van der Waals surface area (Å²) in [6.07, 6.45) is 23.6. The Morgan fingerprint density at radius 3 is 0.876 bits per heavy atom. The number of hydrogen-bond acceptors (Lipinski definition) is 16. The van der Waals surface area contributed by atoms with Gasteiger partial charge in [0.25, 0.3) is 0 Å². The summed E-state index contributed by atoms with van der Waals surface area (Å²) in [6.45, 7) is 6.32. The number of nitrogens with zero attached hydrogens (tertiary/aromatic N) is 8. The van der Waals surface area contributed by atoms with Crippen LogP contribution >= 0.6 is 0 Å². The van der Waals surface area contributed by atoms with Crippen molar-refractivity contribution in [2.24, 2.45) is 0 Å². The maximum absolute atomic E-state index is 8.12. The van der Waals surface area contributed by atoms with Crippen LogP contribution in [0.1, 0.15) is 61.7 Å². The second-order valence-electron chi connectivity index (χ2n) is 18.3. The van der Waals surface area contributed by atoms with E-state index in [1.54, 1.807) is 24.8 Å². The maximum Gasteiger partial charge on any atom is 0.373 e. The predicted octanol–water partition coefficient (Wildman–Crippen LogP) is 12.6. The molecular formula is C69H56N12O8. The molecule has 0 radical (unpaired) electrons. The molecule has 0 fully saturated rings. The van der Waals surface area contributed by atoms with Gasteiger partial charge in [-0.25, -0.2) is 0 Å². The Labute approximate surface area is 510 Å².